The molecule has 0 amide bonds. The highest BCUT2D eigenvalue weighted by atomic mass is 15.2. The van der Waals surface area contributed by atoms with Crippen LogP contribution in [0.4, 0.5) is 34.1 Å². The first-order valence-electron chi connectivity index (χ1n) is 13.5. The van der Waals surface area contributed by atoms with E-state index in [-0.39, 0.29) is 6.71 Å². The third-order valence-electron chi connectivity index (χ3n) is 8.05. The van der Waals surface area contributed by atoms with Crippen LogP contribution in [0.3, 0.4) is 0 Å². The SMILES string of the molecule is c1ccc(N(c2ccccc2)c2cccc3c2B2c4ccccc4-c4cccc(c42)N3c2ccccc2)cc1. The van der Waals surface area contributed by atoms with Crippen molar-refractivity contribution in [2.45, 2.75) is 0 Å². The lowest BCUT2D eigenvalue weighted by Crippen LogP contribution is -2.55. The molecule has 2 aliphatic rings. The lowest BCUT2D eigenvalue weighted by molar-refractivity contribution is 1.26. The summed E-state index contributed by atoms with van der Waals surface area (Å²) in [4.78, 5) is 4.87. The van der Waals surface area contributed by atoms with Crippen molar-refractivity contribution < 1.29 is 0 Å². The highest BCUT2D eigenvalue weighted by Gasteiger charge is 2.44. The smallest absolute Gasteiger partial charge is 0.251 e. The molecule has 6 aromatic rings. The van der Waals surface area contributed by atoms with Crippen molar-refractivity contribution in [3.8, 4) is 11.1 Å². The quantitative estimate of drug-likeness (QED) is 0.234. The van der Waals surface area contributed by atoms with Gasteiger partial charge in [0.15, 0.2) is 0 Å². The van der Waals surface area contributed by atoms with Crippen LogP contribution < -0.4 is 26.2 Å². The lowest BCUT2D eigenvalue weighted by atomic mass is 9.36. The van der Waals surface area contributed by atoms with Gasteiger partial charge in [0.2, 0.25) is 0 Å². The first-order chi connectivity index (χ1) is 19.4. The van der Waals surface area contributed by atoms with Crippen LogP contribution in [-0.2, 0) is 0 Å². The minimum Gasteiger partial charge on any atom is -0.311 e. The fraction of sp³-hybridized carbons (Fsp3) is 0. The molecule has 2 nitrogen and oxygen atoms in total. The summed E-state index contributed by atoms with van der Waals surface area (Å²) in [6, 6.07) is 54.7. The second kappa shape index (κ2) is 8.78. The number of hydrogen-bond acceptors (Lipinski definition) is 2. The molecule has 0 atom stereocenters. The number of rotatable bonds is 4. The topological polar surface area (TPSA) is 6.48 Å². The van der Waals surface area contributed by atoms with E-state index in [4.69, 9.17) is 0 Å². The molecule has 182 valence electrons. The second-order valence-corrected chi connectivity index (χ2v) is 10.1. The van der Waals surface area contributed by atoms with Crippen molar-refractivity contribution >= 4 is 57.2 Å². The number of benzene rings is 6. The summed E-state index contributed by atoms with van der Waals surface area (Å²) in [5, 5.41) is 0. The van der Waals surface area contributed by atoms with Crippen LogP contribution in [-0.4, -0.2) is 6.71 Å². The Morgan fingerprint density at radius 2 is 0.974 bits per heavy atom. The van der Waals surface area contributed by atoms with Crippen LogP contribution in [0.1, 0.15) is 0 Å². The monoisotopic (exact) mass is 496 g/mol. The van der Waals surface area contributed by atoms with Crippen LogP contribution in [0.15, 0.2) is 152 Å². The molecule has 0 radical (unpaired) electrons. The summed E-state index contributed by atoms with van der Waals surface area (Å²) in [6.07, 6.45) is 0. The van der Waals surface area contributed by atoms with Crippen molar-refractivity contribution in [2.75, 3.05) is 9.80 Å². The third kappa shape index (κ3) is 3.30. The molecule has 39 heavy (non-hydrogen) atoms. The molecular formula is C36H25BN2. The van der Waals surface area contributed by atoms with Gasteiger partial charge in [-0.05, 0) is 76.6 Å². The fourth-order valence-electron chi connectivity index (χ4n) is 6.53. The fourth-order valence-corrected chi connectivity index (χ4v) is 6.53. The molecule has 0 fully saturated rings. The van der Waals surface area contributed by atoms with E-state index in [1.807, 2.05) is 0 Å². The zero-order chi connectivity index (χ0) is 25.8. The first kappa shape index (κ1) is 22.0. The minimum atomic E-state index is 0.147. The van der Waals surface area contributed by atoms with Crippen molar-refractivity contribution in [3.05, 3.63) is 152 Å². The van der Waals surface area contributed by atoms with Crippen LogP contribution in [0.2, 0.25) is 0 Å². The number of anilines is 6. The average Bonchev–Trinajstić information content (AvgIpc) is 3.35. The number of hydrogen-bond donors (Lipinski definition) is 0. The molecule has 0 saturated heterocycles. The molecular weight excluding hydrogens is 471 g/mol. The van der Waals surface area contributed by atoms with Gasteiger partial charge in [0.1, 0.15) is 0 Å². The van der Waals surface area contributed by atoms with Crippen LogP contribution in [0.5, 0.6) is 0 Å². The van der Waals surface area contributed by atoms with Crippen molar-refractivity contribution in [3.63, 3.8) is 0 Å². The first-order valence-corrected chi connectivity index (χ1v) is 13.5. The predicted molar refractivity (Wildman–Crippen MR) is 166 cm³/mol. The highest BCUT2D eigenvalue weighted by molar-refractivity contribution is 7.02. The molecule has 0 saturated carbocycles. The van der Waals surface area contributed by atoms with Gasteiger partial charge in [0.05, 0.1) is 0 Å². The summed E-state index contributed by atoms with van der Waals surface area (Å²) < 4.78 is 0. The molecule has 0 spiro atoms. The number of nitrogens with zero attached hydrogens (tertiary/aromatic N) is 2. The summed E-state index contributed by atoms with van der Waals surface area (Å²) >= 11 is 0. The number of para-hydroxylation sites is 3. The summed E-state index contributed by atoms with van der Waals surface area (Å²) in [5.41, 5.74) is 13.9. The normalized spacial score (nSPS) is 12.5. The van der Waals surface area contributed by atoms with Gasteiger partial charge in [-0.25, -0.2) is 0 Å². The Balaban J connectivity index is 1.48. The van der Waals surface area contributed by atoms with E-state index < -0.39 is 0 Å². The van der Waals surface area contributed by atoms with Crippen LogP contribution in [0.25, 0.3) is 11.1 Å². The molecule has 3 heteroatoms. The van der Waals surface area contributed by atoms with Gasteiger partial charge < -0.3 is 9.80 Å². The maximum absolute atomic E-state index is 2.45. The summed E-state index contributed by atoms with van der Waals surface area (Å²) in [5.74, 6) is 0. The molecule has 0 unspecified atom stereocenters. The van der Waals surface area contributed by atoms with Crippen molar-refractivity contribution in [1.82, 2.24) is 0 Å². The van der Waals surface area contributed by atoms with E-state index in [0.717, 1.165) is 11.4 Å². The van der Waals surface area contributed by atoms with Crippen molar-refractivity contribution in [1.29, 1.82) is 0 Å². The molecule has 2 heterocycles. The van der Waals surface area contributed by atoms with E-state index in [1.165, 1.54) is 50.3 Å². The summed E-state index contributed by atoms with van der Waals surface area (Å²) in [7, 11) is 0. The molecule has 0 bridgehead atoms. The molecule has 6 aromatic carbocycles. The van der Waals surface area contributed by atoms with Gasteiger partial charge in [-0.2, -0.15) is 0 Å². The third-order valence-corrected chi connectivity index (χ3v) is 8.05. The summed E-state index contributed by atoms with van der Waals surface area (Å²) in [6.45, 7) is 0.147. The predicted octanol–water partition coefficient (Wildman–Crippen LogP) is 7.44. The van der Waals surface area contributed by atoms with Crippen LogP contribution >= 0.6 is 0 Å². The zero-order valence-electron chi connectivity index (χ0n) is 21.4. The Hall–Kier alpha value is -5.02. The molecule has 0 N–H and O–H groups in total. The Kier molecular flexibility index (Phi) is 4.96. The zero-order valence-corrected chi connectivity index (χ0v) is 21.4. The largest absolute Gasteiger partial charge is 0.311 e. The molecule has 0 aromatic heterocycles. The standard InChI is InChI=1S/C36H25BN2/c1-4-14-26(15-5-1)38(27-16-6-2-7-17-27)33-24-13-25-34-36(33)37-31-22-11-10-20-29(31)30-21-12-23-32(35(30)37)39(34)28-18-8-3-9-19-28/h1-25H. The van der Waals surface area contributed by atoms with Crippen LogP contribution in [0, 0.1) is 0 Å². The molecule has 8 rings (SSSR count). The van der Waals surface area contributed by atoms with E-state index in [9.17, 15) is 0 Å². The second-order valence-electron chi connectivity index (χ2n) is 10.1. The van der Waals surface area contributed by atoms with E-state index in [1.54, 1.807) is 0 Å². The maximum atomic E-state index is 2.45. The van der Waals surface area contributed by atoms with Crippen molar-refractivity contribution in [2.24, 2.45) is 0 Å². The van der Waals surface area contributed by atoms with E-state index in [2.05, 4.69) is 161 Å². The molecule has 0 aliphatic carbocycles. The van der Waals surface area contributed by atoms with E-state index >= 15 is 0 Å². The Bertz CT molecular complexity index is 1780. The maximum Gasteiger partial charge on any atom is 0.251 e. The average molecular weight is 496 g/mol. The van der Waals surface area contributed by atoms with Gasteiger partial charge in [0.25, 0.3) is 6.71 Å². The molecule has 2 aliphatic heterocycles. The lowest BCUT2D eigenvalue weighted by Gasteiger charge is -2.39. The Morgan fingerprint density at radius 3 is 1.67 bits per heavy atom. The number of fused-ring (bicyclic) bond motifs is 5. The highest BCUT2D eigenvalue weighted by Crippen LogP contribution is 2.43. The van der Waals surface area contributed by atoms with Gasteiger partial charge in [-0.3, -0.25) is 0 Å². The van der Waals surface area contributed by atoms with Gasteiger partial charge in [-0.1, -0.05) is 103 Å². The Morgan fingerprint density at radius 1 is 0.436 bits per heavy atom. The van der Waals surface area contributed by atoms with Gasteiger partial charge >= 0.3 is 0 Å². The van der Waals surface area contributed by atoms with Gasteiger partial charge in [0, 0.05) is 34.1 Å². The van der Waals surface area contributed by atoms with Gasteiger partial charge in [-0.15, -0.1) is 0 Å². The Labute approximate surface area is 229 Å². The van der Waals surface area contributed by atoms with E-state index in [0.29, 0.717) is 0 Å². The minimum absolute atomic E-state index is 0.147.